The van der Waals surface area contributed by atoms with Gasteiger partial charge >= 0.3 is 0 Å². The monoisotopic (exact) mass is 330 g/mol. The predicted molar refractivity (Wildman–Crippen MR) is 96.0 cm³/mol. The number of aryl methyl sites for hydroxylation is 2. The van der Waals surface area contributed by atoms with Crippen molar-refractivity contribution in [3.8, 4) is 0 Å². The zero-order valence-electron chi connectivity index (χ0n) is 15.2. The van der Waals surface area contributed by atoms with E-state index in [-0.39, 0.29) is 11.8 Å². The first-order valence-electron chi connectivity index (χ1n) is 9.40. The summed E-state index contributed by atoms with van der Waals surface area (Å²) >= 11 is 0. The molecule has 0 spiro atoms. The number of nitrogens with one attached hydrogen (secondary N) is 1. The SMILES string of the molecule is Cc1cc(C)nc(N2CCC(C(=O)N[C@H]3CCCC[C@H]3C)CC2)n1. The summed E-state index contributed by atoms with van der Waals surface area (Å²) in [6.45, 7) is 8.00. The van der Waals surface area contributed by atoms with Gasteiger partial charge in [0.25, 0.3) is 0 Å². The van der Waals surface area contributed by atoms with E-state index in [1.807, 2.05) is 19.9 Å². The molecule has 24 heavy (non-hydrogen) atoms. The number of nitrogens with zero attached hydrogens (tertiary/aromatic N) is 3. The number of piperidine rings is 1. The highest BCUT2D eigenvalue weighted by molar-refractivity contribution is 5.79. The third kappa shape index (κ3) is 4.05. The molecule has 0 aromatic carbocycles. The zero-order chi connectivity index (χ0) is 17.1. The normalized spacial score (nSPS) is 25.5. The van der Waals surface area contributed by atoms with E-state index in [1.165, 1.54) is 19.3 Å². The quantitative estimate of drug-likeness (QED) is 0.925. The molecule has 2 atom stereocenters. The number of amides is 1. The summed E-state index contributed by atoms with van der Waals surface area (Å²) in [5.74, 6) is 1.83. The molecule has 0 radical (unpaired) electrons. The topological polar surface area (TPSA) is 58.1 Å². The molecular formula is C19H30N4O. The number of hydrogen-bond acceptors (Lipinski definition) is 4. The molecule has 1 amide bonds. The van der Waals surface area contributed by atoms with Crippen molar-refractivity contribution in [3.05, 3.63) is 17.5 Å². The lowest BCUT2D eigenvalue weighted by Gasteiger charge is -2.34. The Bertz CT molecular complexity index is 560. The highest BCUT2D eigenvalue weighted by Gasteiger charge is 2.29. The van der Waals surface area contributed by atoms with Gasteiger partial charge in [0.2, 0.25) is 11.9 Å². The third-order valence-corrected chi connectivity index (χ3v) is 5.56. The predicted octanol–water partition coefficient (Wildman–Crippen LogP) is 3.00. The summed E-state index contributed by atoms with van der Waals surface area (Å²) < 4.78 is 0. The fourth-order valence-corrected chi connectivity index (χ4v) is 4.02. The van der Waals surface area contributed by atoms with Crippen LogP contribution in [0.4, 0.5) is 5.95 Å². The molecule has 1 N–H and O–H groups in total. The van der Waals surface area contributed by atoms with Crippen molar-refractivity contribution in [2.24, 2.45) is 11.8 Å². The molecule has 1 saturated carbocycles. The second-order valence-electron chi connectivity index (χ2n) is 7.59. The van der Waals surface area contributed by atoms with E-state index < -0.39 is 0 Å². The lowest BCUT2D eigenvalue weighted by molar-refractivity contribution is -0.126. The molecule has 3 rings (SSSR count). The Morgan fingerprint density at radius 1 is 1.08 bits per heavy atom. The molecule has 1 aromatic heterocycles. The van der Waals surface area contributed by atoms with Crippen molar-refractivity contribution in [2.45, 2.75) is 65.3 Å². The van der Waals surface area contributed by atoms with E-state index in [9.17, 15) is 4.79 Å². The van der Waals surface area contributed by atoms with Gasteiger partial charge in [-0.2, -0.15) is 0 Å². The summed E-state index contributed by atoms with van der Waals surface area (Å²) in [4.78, 5) is 23.9. The number of carbonyl (C=O) groups is 1. The van der Waals surface area contributed by atoms with Crippen molar-refractivity contribution >= 4 is 11.9 Å². The smallest absolute Gasteiger partial charge is 0.225 e. The van der Waals surface area contributed by atoms with Gasteiger partial charge in [-0.05, 0) is 51.5 Å². The van der Waals surface area contributed by atoms with Gasteiger partial charge in [-0.3, -0.25) is 4.79 Å². The highest BCUT2D eigenvalue weighted by Crippen LogP contribution is 2.26. The first kappa shape index (κ1) is 17.2. The maximum absolute atomic E-state index is 12.6. The van der Waals surface area contributed by atoms with E-state index in [2.05, 4.69) is 27.1 Å². The molecule has 1 saturated heterocycles. The van der Waals surface area contributed by atoms with Crippen molar-refractivity contribution in [2.75, 3.05) is 18.0 Å². The van der Waals surface area contributed by atoms with Crippen LogP contribution in [0.2, 0.25) is 0 Å². The largest absolute Gasteiger partial charge is 0.353 e. The van der Waals surface area contributed by atoms with Crippen LogP contribution in [0.3, 0.4) is 0 Å². The van der Waals surface area contributed by atoms with Crippen LogP contribution in [-0.2, 0) is 4.79 Å². The summed E-state index contributed by atoms with van der Waals surface area (Å²) in [5, 5.41) is 3.32. The van der Waals surface area contributed by atoms with Crippen LogP contribution in [0.5, 0.6) is 0 Å². The minimum atomic E-state index is 0.140. The van der Waals surface area contributed by atoms with Gasteiger partial charge in [-0.15, -0.1) is 0 Å². The van der Waals surface area contributed by atoms with Crippen LogP contribution in [0.25, 0.3) is 0 Å². The highest BCUT2D eigenvalue weighted by atomic mass is 16.2. The number of hydrogen-bond donors (Lipinski definition) is 1. The molecule has 2 heterocycles. The molecule has 0 unspecified atom stereocenters. The fraction of sp³-hybridized carbons (Fsp3) is 0.737. The Morgan fingerprint density at radius 2 is 1.71 bits per heavy atom. The van der Waals surface area contributed by atoms with Gasteiger partial charge in [0, 0.05) is 36.4 Å². The lowest BCUT2D eigenvalue weighted by Crippen LogP contribution is -2.47. The maximum atomic E-state index is 12.6. The zero-order valence-corrected chi connectivity index (χ0v) is 15.2. The molecular weight excluding hydrogens is 300 g/mol. The third-order valence-electron chi connectivity index (χ3n) is 5.56. The van der Waals surface area contributed by atoms with E-state index in [1.54, 1.807) is 0 Å². The first-order valence-corrected chi connectivity index (χ1v) is 9.40. The molecule has 0 bridgehead atoms. The molecule has 132 valence electrons. The van der Waals surface area contributed by atoms with Crippen LogP contribution in [0.1, 0.15) is 56.8 Å². The molecule has 1 aromatic rings. The van der Waals surface area contributed by atoms with E-state index in [4.69, 9.17) is 0 Å². The van der Waals surface area contributed by atoms with Gasteiger partial charge < -0.3 is 10.2 Å². The van der Waals surface area contributed by atoms with Gasteiger partial charge in [0.1, 0.15) is 0 Å². The second-order valence-corrected chi connectivity index (χ2v) is 7.59. The van der Waals surface area contributed by atoms with Gasteiger partial charge in [-0.1, -0.05) is 19.8 Å². The number of anilines is 1. The van der Waals surface area contributed by atoms with E-state index in [0.717, 1.165) is 49.7 Å². The molecule has 5 nitrogen and oxygen atoms in total. The van der Waals surface area contributed by atoms with Gasteiger partial charge in [0.15, 0.2) is 0 Å². The van der Waals surface area contributed by atoms with Crippen LogP contribution >= 0.6 is 0 Å². The Hall–Kier alpha value is -1.65. The van der Waals surface area contributed by atoms with Crippen LogP contribution in [0, 0.1) is 25.7 Å². The fourth-order valence-electron chi connectivity index (χ4n) is 4.02. The van der Waals surface area contributed by atoms with E-state index in [0.29, 0.717) is 12.0 Å². The number of rotatable bonds is 3. The second kappa shape index (κ2) is 7.49. The summed E-state index contributed by atoms with van der Waals surface area (Å²) in [6, 6.07) is 2.38. The Labute approximate surface area is 145 Å². The Balaban J connectivity index is 1.53. The lowest BCUT2D eigenvalue weighted by atomic mass is 9.85. The maximum Gasteiger partial charge on any atom is 0.225 e. The number of carbonyl (C=O) groups excluding carboxylic acids is 1. The Kier molecular flexibility index (Phi) is 5.36. The summed E-state index contributed by atoms with van der Waals surface area (Å²) in [6.07, 6.45) is 6.72. The molecule has 1 aliphatic carbocycles. The molecule has 1 aliphatic heterocycles. The van der Waals surface area contributed by atoms with Crippen LogP contribution < -0.4 is 10.2 Å². The standard InChI is InChI=1S/C19H30N4O/c1-13-6-4-5-7-17(13)22-18(24)16-8-10-23(11-9-16)19-20-14(2)12-15(3)21-19/h12-13,16-17H,4-11H2,1-3H3,(H,22,24)/t13-,17+/m1/s1. The number of aromatic nitrogens is 2. The van der Waals surface area contributed by atoms with Gasteiger partial charge in [0.05, 0.1) is 0 Å². The van der Waals surface area contributed by atoms with Crippen molar-refractivity contribution in [1.82, 2.24) is 15.3 Å². The van der Waals surface area contributed by atoms with Crippen molar-refractivity contribution in [1.29, 1.82) is 0 Å². The summed E-state index contributed by atoms with van der Waals surface area (Å²) in [7, 11) is 0. The average Bonchev–Trinajstić information content (AvgIpc) is 2.56. The van der Waals surface area contributed by atoms with Crippen molar-refractivity contribution in [3.63, 3.8) is 0 Å². The van der Waals surface area contributed by atoms with Crippen molar-refractivity contribution < 1.29 is 4.79 Å². The molecule has 2 fully saturated rings. The minimum Gasteiger partial charge on any atom is -0.353 e. The molecule has 2 aliphatic rings. The first-order chi connectivity index (χ1) is 11.5. The average molecular weight is 330 g/mol. The van der Waals surface area contributed by atoms with Crippen LogP contribution in [-0.4, -0.2) is 35.0 Å². The van der Waals surface area contributed by atoms with Gasteiger partial charge in [-0.25, -0.2) is 9.97 Å². The molecule has 5 heteroatoms. The summed E-state index contributed by atoms with van der Waals surface area (Å²) in [5.41, 5.74) is 2.01. The minimum absolute atomic E-state index is 0.140. The Morgan fingerprint density at radius 3 is 2.33 bits per heavy atom. The van der Waals surface area contributed by atoms with Crippen LogP contribution in [0.15, 0.2) is 6.07 Å². The van der Waals surface area contributed by atoms with E-state index >= 15 is 0 Å².